The van der Waals surface area contributed by atoms with E-state index in [1.54, 1.807) is 4.90 Å². The Bertz CT molecular complexity index is 863. The van der Waals surface area contributed by atoms with Crippen LogP contribution in [0, 0.1) is 0 Å². The van der Waals surface area contributed by atoms with Crippen molar-refractivity contribution in [3.63, 3.8) is 0 Å². The van der Waals surface area contributed by atoms with Crippen molar-refractivity contribution in [2.75, 3.05) is 53.2 Å². The first-order chi connectivity index (χ1) is 14.6. The fraction of sp³-hybridized carbons (Fsp3) is 0.435. The third-order valence-electron chi connectivity index (χ3n) is 5.93. The molecule has 2 aromatic carbocycles. The summed E-state index contributed by atoms with van der Waals surface area (Å²) in [5, 5.41) is 3.15. The van der Waals surface area contributed by atoms with Gasteiger partial charge in [0.25, 0.3) is 5.91 Å². The third-order valence-corrected chi connectivity index (χ3v) is 5.93. The number of rotatable bonds is 7. The average molecular weight is 414 g/mol. The summed E-state index contributed by atoms with van der Waals surface area (Å²) in [4.78, 5) is 15.8. The standard InChI is InChI=1S/C23H29N3O4/c1-3-28-19-7-4-17(5-8-19)23(27)24-15-20(26-12-10-25(2)11-13-26)18-6-9-21-22(14-18)30-16-29-21/h4-9,14,20H,3,10-13,15-16H2,1-2H3,(H,24,27)/p+2/t20-/m1/s1. The van der Waals surface area contributed by atoms with Crippen LogP contribution in [0.5, 0.6) is 17.2 Å². The maximum absolute atomic E-state index is 12.8. The highest BCUT2D eigenvalue weighted by Crippen LogP contribution is 2.33. The van der Waals surface area contributed by atoms with Crippen LogP contribution in [0.25, 0.3) is 0 Å². The Morgan fingerprint density at radius 1 is 1.07 bits per heavy atom. The molecule has 2 heterocycles. The monoisotopic (exact) mass is 413 g/mol. The molecule has 0 saturated carbocycles. The Kier molecular flexibility index (Phi) is 6.40. The summed E-state index contributed by atoms with van der Waals surface area (Å²) in [5.74, 6) is 2.28. The number of likely N-dealkylation sites (N-methyl/N-ethyl adjacent to an activating group) is 1. The number of benzene rings is 2. The van der Waals surface area contributed by atoms with Crippen molar-refractivity contribution >= 4 is 5.91 Å². The van der Waals surface area contributed by atoms with Gasteiger partial charge in [0, 0.05) is 11.1 Å². The summed E-state index contributed by atoms with van der Waals surface area (Å²) in [6.07, 6.45) is 0. The van der Waals surface area contributed by atoms with Crippen LogP contribution in [0.15, 0.2) is 42.5 Å². The molecule has 7 heteroatoms. The van der Waals surface area contributed by atoms with Crippen LogP contribution in [0.1, 0.15) is 28.9 Å². The summed E-state index contributed by atoms with van der Waals surface area (Å²) in [7, 11) is 2.24. The van der Waals surface area contributed by atoms with Crippen LogP contribution in [0.4, 0.5) is 0 Å². The van der Waals surface area contributed by atoms with Crippen molar-refractivity contribution in [2.45, 2.75) is 13.0 Å². The van der Waals surface area contributed by atoms with E-state index in [2.05, 4.69) is 24.5 Å². The van der Waals surface area contributed by atoms with Crippen LogP contribution in [-0.4, -0.2) is 59.1 Å². The van der Waals surface area contributed by atoms with Gasteiger partial charge in [-0.25, -0.2) is 0 Å². The van der Waals surface area contributed by atoms with Crippen LogP contribution in [0.3, 0.4) is 0 Å². The second-order valence-corrected chi connectivity index (χ2v) is 7.95. The molecule has 0 bridgehead atoms. The van der Waals surface area contributed by atoms with E-state index >= 15 is 0 Å². The molecule has 3 N–H and O–H groups in total. The molecule has 0 radical (unpaired) electrons. The molecule has 7 nitrogen and oxygen atoms in total. The lowest BCUT2D eigenvalue weighted by Crippen LogP contribution is -3.27. The Hall–Kier alpha value is -2.77. The SMILES string of the molecule is CCOc1ccc(C(=O)NC[C@H](c2ccc3c(c2)OCO3)[NH+]2CC[NH+](C)CC2)cc1. The normalized spacial score (nSPS) is 21.1. The van der Waals surface area contributed by atoms with Crippen LogP contribution >= 0.6 is 0 Å². The van der Waals surface area contributed by atoms with E-state index in [0.29, 0.717) is 18.7 Å². The summed E-state index contributed by atoms with van der Waals surface area (Å²) in [6, 6.07) is 13.6. The number of carbonyl (C=O) groups excluding carboxylic acids is 1. The van der Waals surface area contributed by atoms with Gasteiger partial charge < -0.3 is 29.3 Å². The number of fused-ring (bicyclic) bond motifs is 1. The highest BCUT2D eigenvalue weighted by atomic mass is 16.7. The lowest BCUT2D eigenvalue weighted by Gasteiger charge is -2.33. The lowest BCUT2D eigenvalue weighted by atomic mass is 10.0. The van der Waals surface area contributed by atoms with E-state index < -0.39 is 0 Å². The van der Waals surface area contributed by atoms with Crippen LogP contribution in [-0.2, 0) is 0 Å². The molecule has 160 valence electrons. The Balaban J connectivity index is 1.47. The number of nitrogens with one attached hydrogen (secondary N) is 3. The second-order valence-electron chi connectivity index (χ2n) is 7.95. The highest BCUT2D eigenvalue weighted by molar-refractivity contribution is 5.94. The van der Waals surface area contributed by atoms with Gasteiger partial charge in [-0.1, -0.05) is 0 Å². The molecule has 2 aromatic rings. The highest BCUT2D eigenvalue weighted by Gasteiger charge is 2.31. The molecule has 1 fully saturated rings. The summed E-state index contributed by atoms with van der Waals surface area (Å²) >= 11 is 0. The van der Waals surface area contributed by atoms with Crippen molar-refractivity contribution in [1.82, 2.24) is 5.32 Å². The zero-order chi connectivity index (χ0) is 20.9. The van der Waals surface area contributed by atoms with E-state index in [1.807, 2.05) is 37.3 Å². The van der Waals surface area contributed by atoms with Gasteiger partial charge in [0.15, 0.2) is 11.5 Å². The number of hydrogen-bond donors (Lipinski definition) is 3. The van der Waals surface area contributed by atoms with Gasteiger partial charge in [-0.15, -0.1) is 0 Å². The lowest BCUT2D eigenvalue weighted by molar-refractivity contribution is -1.02. The van der Waals surface area contributed by atoms with Gasteiger partial charge >= 0.3 is 0 Å². The number of amides is 1. The molecule has 1 amide bonds. The first-order valence-corrected chi connectivity index (χ1v) is 10.7. The predicted octanol–water partition coefficient (Wildman–Crippen LogP) is -0.302. The van der Waals surface area contributed by atoms with Crippen molar-refractivity contribution < 1.29 is 28.8 Å². The Morgan fingerprint density at radius 2 is 1.80 bits per heavy atom. The van der Waals surface area contributed by atoms with Gasteiger partial charge in [0.1, 0.15) is 38.0 Å². The maximum atomic E-state index is 12.8. The van der Waals surface area contributed by atoms with E-state index in [0.717, 1.165) is 43.4 Å². The zero-order valence-electron chi connectivity index (χ0n) is 17.7. The van der Waals surface area contributed by atoms with Gasteiger partial charge in [-0.3, -0.25) is 4.79 Å². The molecule has 0 spiro atoms. The molecule has 0 aliphatic carbocycles. The van der Waals surface area contributed by atoms with E-state index in [9.17, 15) is 4.79 Å². The van der Waals surface area contributed by atoms with Gasteiger partial charge in [-0.2, -0.15) is 0 Å². The molecule has 2 aliphatic heterocycles. The Labute approximate surface area is 177 Å². The summed E-state index contributed by atoms with van der Waals surface area (Å²) in [5.41, 5.74) is 1.81. The average Bonchev–Trinajstić information content (AvgIpc) is 3.24. The minimum absolute atomic E-state index is 0.0667. The van der Waals surface area contributed by atoms with Crippen molar-refractivity contribution in [2.24, 2.45) is 0 Å². The molecule has 1 atom stereocenters. The molecular weight excluding hydrogens is 382 g/mol. The van der Waals surface area contributed by atoms with Crippen molar-refractivity contribution in [3.8, 4) is 17.2 Å². The summed E-state index contributed by atoms with van der Waals surface area (Å²) in [6.45, 7) is 7.79. The van der Waals surface area contributed by atoms with Gasteiger partial charge in [0.2, 0.25) is 6.79 Å². The first-order valence-electron chi connectivity index (χ1n) is 10.7. The zero-order valence-corrected chi connectivity index (χ0v) is 17.7. The quantitative estimate of drug-likeness (QED) is 0.583. The molecule has 4 rings (SSSR count). The van der Waals surface area contributed by atoms with Gasteiger partial charge in [0.05, 0.1) is 20.2 Å². The molecule has 30 heavy (non-hydrogen) atoms. The van der Waals surface area contributed by atoms with Crippen molar-refractivity contribution in [1.29, 1.82) is 0 Å². The minimum Gasteiger partial charge on any atom is -0.494 e. The first kappa shape index (κ1) is 20.5. The maximum Gasteiger partial charge on any atom is 0.251 e. The molecular formula is C23H31N3O4+2. The molecule has 2 aliphatic rings. The predicted molar refractivity (Wildman–Crippen MR) is 113 cm³/mol. The van der Waals surface area contributed by atoms with Crippen LogP contribution < -0.4 is 29.3 Å². The molecule has 0 unspecified atom stereocenters. The Morgan fingerprint density at radius 3 is 2.53 bits per heavy atom. The number of hydrogen-bond acceptors (Lipinski definition) is 4. The smallest absolute Gasteiger partial charge is 0.251 e. The topological polar surface area (TPSA) is 65.7 Å². The van der Waals surface area contributed by atoms with Crippen LogP contribution in [0.2, 0.25) is 0 Å². The molecule has 0 aromatic heterocycles. The largest absolute Gasteiger partial charge is 0.494 e. The fourth-order valence-electron chi connectivity index (χ4n) is 4.14. The van der Waals surface area contributed by atoms with Crippen molar-refractivity contribution in [3.05, 3.63) is 53.6 Å². The van der Waals surface area contributed by atoms with E-state index in [-0.39, 0.29) is 18.7 Å². The number of carbonyl (C=O) groups is 1. The number of ether oxygens (including phenoxy) is 3. The fourth-order valence-corrected chi connectivity index (χ4v) is 4.14. The molecule has 1 saturated heterocycles. The number of piperazine rings is 1. The van der Waals surface area contributed by atoms with E-state index in [4.69, 9.17) is 14.2 Å². The van der Waals surface area contributed by atoms with E-state index in [1.165, 1.54) is 10.5 Å². The van der Waals surface area contributed by atoms with Gasteiger partial charge in [-0.05, 0) is 49.4 Å². The number of quaternary nitrogens is 2. The third kappa shape index (κ3) is 4.68. The minimum atomic E-state index is -0.0667. The second kappa shape index (κ2) is 9.36. The summed E-state index contributed by atoms with van der Waals surface area (Å²) < 4.78 is 16.5.